The predicted octanol–water partition coefficient (Wildman–Crippen LogP) is 2.29. The van der Waals surface area contributed by atoms with E-state index >= 15 is 0 Å². The van der Waals surface area contributed by atoms with Crippen LogP contribution in [0.25, 0.3) is 0 Å². The predicted molar refractivity (Wildman–Crippen MR) is 64.1 cm³/mol. The van der Waals surface area contributed by atoms with E-state index in [9.17, 15) is 4.79 Å². The molecule has 0 aromatic heterocycles. The average Bonchev–Trinajstić information content (AvgIpc) is 2.35. The Hall–Kier alpha value is -1.35. The number of rotatable bonds is 5. The Morgan fingerprint density at radius 3 is 2.50 bits per heavy atom. The minimum atomic E-state index is -0.223. The van der Waals surface area contributed by atoms with Crippen molar-refractivity contribution in [3.63, 3.8) is 0 Å². The Balaban J connectivity index is 2.83. The molecule has 0 saturated carbocycles. The highest BCUT2D eigenvalue weighted by Gasteiger charge is 2.21. The average molecular weight is 221 g/mol. The Bertz CT molecular complexity index is 324. The normalized spacial score (nSPS) is 14.2. The van der Waals surface area contributed by atoms with E-state index in [1.807, 2.05) is 44.3 Å². The molecule has 1 aromatic rings. The zero-order chi connectivity index (χ0) is 12.0. The number of esters is 1. The van der Waals surface area contributed by atoms with Gasteiger partial charge in [-0.2, -0.15) is 0 Å². The van der Waals surface area contributed by atoms with E-state index < -0.39 is 0 Å². The van der Waals surface area contributed by atoms with Crippen molar-refractivity contribution in [2.45, 2.75) is 32.4 Å². The van der Waals surface area contributed by atoms with Crippen LogP contribution in [-0.2, 0) is 9.53 Å². The fraction of sp³-hybridized carbons (Fsp3) is 0.462. The number of likely N-dealkylation sites (N-methyl/N-ethyl adjacent to an activating group) is 1. The zero-order valence-electron chi connectivity index (χ0n) is 10.1. The lowest BCUT2D eigenvalue weighted by atomic mass is 10.0. The van der Waals surface area contributed by atoms with Gasteiger partial charge in [0.25, 0.3) is 0 Å². The first-order valence-corrected chi connectivity index (χ1v) is 5.60. The van der Waals surface area contributed by atoms with E-state index in [4.69, 9.17) is 4.74 Å². The fourth-order valence-electron chi connectivity index (χ4n) is 1.48. The molecule has 3 nitrogen and oxygen atoms in total. The van der Waals surface area contributed by atoms with Gasteiger partial charge in [0.05, 0.1) is 0 Å². The van der Waals surface area contributed by atoms with Crippen molar-refractivity contribution in [3.05, 3.63) is 35.9 Å². The number of carbonyl (C=O) groups is 1. The van der Waals surface area contributed by atoms with Crippen molar-refractivity contribution in [1.29, 1.82) is 0 Å². The molecule has 0 radical (unpaired) electrons. The molecule has 2 atom stereocenters. The molecule has 0 aliphatic heterocycles. The van der Waals surface area contributed by atoms with E-state index in [2.05, 4.69) is 5.32 Å². The molecule has 0 spiro atoms. The van der Waals surface area contributed by atoms with E-state index in [1.54, 1.807) is 6.92 Å². The van der Waals surface area contributed by atoms with Gasteiger partial charge >= 0.3 is 5.97 Å². The van der Waals surface area contributed by atoms with Crippen molar-refractivity contribution in [3.8, 4) is 0 Å². The molecule has 88 valence electrons. The topological polar surface area (TPSA) is 38.3 Å². The van der Waals surface area contributed by atoms with Gasteiger partial charge in [0.1, 0.15) is 6.10 Å². The van der Waals surface area contributed by atoms with Gasteiger partial charge in [-0.15, -0.1) is 0 Å². The number of hydrogen-bond donors (Lipinski definition) is 1. The summed E-state index contributed by atoms with van der Waals surface area (Å²) in [4.78, 5) is 11.4. The molecule has 0 fully saturated rings. The Morgan fingerprint density at radius 1 is 1.38 bits per heavy atom. The molecule has 0 saturated heterocycles. The summed E-state index contributed by atoms with van der Waals surface area (Å²) in [6.07, 6.45) is 0.179. The third kappa shape index (κ3) is 3.35. The summed E-state index contributed by atoms with van der Waals surface area (Å²) in [6.45, 7) is 3.80. The first-order valence-electron chi connectivity index (χ1n) is 5.60. The summed E-state index contributed by atoms with van der Waals surface area (Å²) in [5.41, 5.74) is 1.02. The van der Waals surface area contributed by atoms with Crippen LogP contribution in [0, 0.1) is 0 Å². The van der Waals surface area contributed by atoms with Crippen LogP contribution >= 0.6 is 0 Å². The zero-order valence-corrected chi connectivity index (χ0v) is 10.1. The molecular weight excluding hydrogens is 202 g/mol. The summed E-state index contributed by atoms with van der Waals surface area (Å²) >= 11 is 0. The first-order chi connectivity index (χ1) is 7.69. The number of benzene rings is 1. The number of hydrogen-bond acceptors (Lipinski definition) is 3. The number of ether oxygens (including phenoxy) is 1. The fourth-order valence-corrected chi connectivity index (χ4v) is 1.48. The monoisotopic (exact) mass is 221 g/mol. The lowest BCUT2D eigenvalue weighted by Gasteiger charge is -2.24. The summed E-state index contributed by atoms with van der Waals surface area (Å²) in [6, 6.07) is 9.89. The summed E-state index contributed by atoms with van der Waals surface area (Å²) in [7, 11) is 1.86. The lowest BCUT2D eigenvalue weighted by molar-refractivity contribution is -0.150. The van der Waals surface area contributed by atoms with Crippen molar-refractivity contribution in [2.24, 2.45) is 0 Å². The van der Waals surface area contributed by atoms with Gasteiger partial charge in [0, 0.05) is 12.5 Å². The van der Waals surface area contributed by atoms with Gasteiger partial charge in [0.2, 0.25) is 0 Å². The van der Waals surface area contributed by atoms with E-state index in [-0.39, 0.29) is 18.1 Å². The Labute approximate surface area is 96.8 Å². The first kappa shape index (κ1) is 12.7. The molecule has 3 heteroatoms. The molecule has 0 heterocycles. The molecule has 0 amide bonds. The highest BCUT2D eigenvalue weighted by Crippen LogP contribution is 2.21. The summed E-state index contributed by atoms with van der Waals surface area (Å²) in [5.74, 6) is -0.170. The van der Waals surface area contributed by atoms with Crippen LogP contribution in [0.5, 0.6) is 0 Å². The molecular formula is C13H19NO2. The second-order valence-corrected chi connectivity index (χ2v) is 3.75. The Kier molecular flexibility index (Phi) is 4.99. The minimum absolute atomic E-state index is 0.0953. The SMILES string of the molecule is CCC(=O)O[C@@H](c1ccccc1)[C@H](C)NC. The quantitative estimate of drug-likeness (QED) is 0.775. The summed E-state index contributed by atoms with van der Waals surface area (Å²) in [5, 5.41) is 3.12. The number of nitrogens with one attached hydrogen (secondary N) is 1. The maximum atomic E-state index is 11.4. The molecule has 0 bridgehead atoms. The highest BCUT2D eigenvalue weighted by molar-refractivity contribution is 5.69. The van der Waals surface area contributed by atoms with Gasteiger partial charge in [-0.05, 0) is 19.5 Å². The van der Waals surface area contributed by atoms with Gasteiger partial charge in [-0.1, -0.05) is 37.3 Å². The Morgan fingerprint density at radius 2 is 2.00 bits per heavy atom. The van der Waals surface area contributed by atoms with Crippen molar-refractivity contribution in [1.82, 2.24) is 5.32 Å². The van der Waals surface area contributed by atoms with Crippen LogP contribution in [0.4, 0.5) is 0 Å². The third-order valence-electron chi connectivity index (χ3n) is 2.58. The second kappa shape index (κ2) is 6.28. The van der Waals surface area contributed by atoms with Crippen molar-refractivity contribution < 1.29 is 9.53 Å². The van der Waals surface area contributed by atoms with Crippen LogP contribution < -0.4 is 5.32 Å². The maximum absolute atomic E-state index is 11.4. The minimum Gasteiger partial charge on any atom is -0.456 e. The third-order valence-corrected chi connectivity index (χ3v) is 2.58. The maximum Gasteiger partial charge on any atom is 0.306 e. The highest BCUT2D eigenvalue weighted by atomic mass is 16.5. The molecule has 1 N–H and O–H groups in total. The van der Waals surface area contributed by atoms with Crippen LogP contribution in [0.15, 0.2) is 30.3 Å². The van der Waals surface area contributed by atoms with Crippen LogP contribution in [0.2, 0.25) is 0 Å². The molecule has 0 unspecified atom stereocenters. The van der Waals surface area contributed by atoms with Crippen LogP contribution in [0.1, 0.15) is 31.9 Å². The van der Waals surface area contributed by atoms with Gasteiger partial charge < -0.3 is 10.1 Å². The van der Waals surface area contributed by atoms with Crippen molar-refractivity contribution >= 4 is 5.97 Å². The van der Waals surface area contributed by atoms with E-state index in [1.165, 1.54) is 0 Å². The molecule has 0 aliphatic carbocycles. The second-order valence-electron chi connectivity index (χ2n) is 3.75. The molecule has 1 rings (SSSR count). The smallest absolute Gasteiger partial charge is 0.306 e. The lowest BCUT2D eigenvalue weighted by Crippen LogP contribution is -2.31. The van der Waals surface area contributed by atoms with Crippen LogP contribution in [0.3, 0.4) is 0 Å². The molecule has 16 heavy (non-hydrogen) atoms. The molecule has 1 aromatic carbocycles. The van der Waals surface area contributed by atoms with Gasteiger partial charge in [0.15, 0.2) is 0 Å². The van der Waals surface area contributed by atoms with E-state index in [0.29, 0.717) is 6.42 Å². The number of carbonyl (C=O) groups excluding carboxylic acids is 1. The largest absolute Gasteiger partial charge is 0.456 e. The summed E-state index contributed by atoms with van der Waals surface area (Å²) < 4.78 is 5.44. The van der Waals surface area contributed by atoms with Gasteiger partial charge in [-0.25, -0.2) is 0 Å². The molecule has 0 aliphatic rings. The standard InChI is InChI=1S/C13H19NO2/c1-4-12(15)16-13(10(2)14-3)11-8-6-5-7-9-11/h5-10,13-14H,4H2,1-3H3/t10-,13+/m0/s1. The van der Waals surface area contributed by atoms with Crippen molar-refractivity contribution in [2.75, 3.05) is 7.05 Å². The van der Waals surface area contributed by atoms with Gasteiger partial charge in [-0.3, -0.25) is 4.79 Å². The van der Waals surface area contributed by atoms with E-state index in [0.717, 1.165) is 5.56 Å². The van der Waals surface area contributed by atoms with Crippen LogP contribution in [-0.4, -0.2) is 19.1 Å².